The van der Waals surface area contributed by atoms with E-state index in [2.05, 4.69) is 93.5 Å². The maximum Gasteiger partial charge on any atom is 0.148 e. The van der Waals surface area contributed by atoms with Crippen molar-refractivity contribution in [1.29, 1.82) is 0 Å². The maximum atomic E-state index is 5.99. The lowest BCUT2D eigenvalue weighted by atomic mass is 10.1. The monoisotopic (exact) mass is 473 g/mol. The van der Waals surface area contributed by atoms with Crippen LogP contribution in [0.15, 0.2) is 69.6 Å². The van der Waals surface area contributed by atoms with E-state index in [4.69, 9.17) is 4.74 Å². The first-order valence-corrected chi connectivity index (χ1v) is 10.1. The van der Waals surface area contributed by atoms with Crippen molar-refractivity contribution in [3.63, 3.8) is 0 Å². The van der Waals surface area contributed by atoms with Gasteiger partial charge in [-0.2, -0.15) is 0 Å². The Hall–Kier alpha value is -1.78. The van der Waals surface area contributed by atoms with Crippen molar-refractivity contribution in [2.75, 3.05) is 5.32 Å². The summed E-state index contributed by atoms with van der Waals surface area (Å²) in [6.07, 6.45) is 0. The van der Waals surface area contributed by atoms with Crippen molar-refractivity contribution in [2.24, 2.45) is 0 Å². The zero-order valence-electron chi connectivity index (χ0n) is 14.9. The molecule has 0 radical (unpaired) electrons. The molecule has 0 aromatic heterocycles. The summed E-state index contributed by atoms with van der Waals surface area (Å²) in [7, 11) is 0. The molecular weight excluding hydrogens is 454 g/mol. The Kier molecular flexibility index (Phi) is 6.38. The summed E-state index contributed by atoms with van der Waals surface area (Å²) >= 11 is 7.28. The van der Waals surface area contributed by atoms with Gasteiger partial charge in [-0.1, -0.05) is 48.0 Å². The SMILES string of the molecule is Cc1ccc(NCc2cc(Br)c(OCc3ccccc3)c(Br)c2)c(C)c1. The highest BCUT2D eigenvalue weighted by Gasteiger charge is 2.10. The van der Waals surface area contributed by atoms with Crippen molar-refractivity contribution in [3.05, 3.63) is 91.9 Å². The highest BCUT2D eigenvalue weighted by Crippen LogP contribution is 2.35. The molecule has 3 aromatic carbocycles. The van der Waals surface area contributed by atoms with Crippen molar-refractivity contribution in [3.8, 4) is 5.75 Å². The zero-order valence-corrected chi connectivity index (χ0v) is 18.0. The van der Waals surface area contributed by atoms with E-state index in [9.17, 15) is 0 Å². The molecule has 134 valence electrons. The van der Waals surface area contributed by atoms with Gasteiger partial charge in [-0.3, -0.25) is 0 Å². The van der Waals surface area contributed by atoms with Gasteiger partial charge in [0.05, 0.1) is 8.95 Å². The Labute approximate surface area is 171 Å². The van der Waals surface area contributed by atoms with Crippen LogP contribution in [-0.2, 0) is 13.2 Å². The molecule has 1 N–H and O–H groups in total. The van der Waals surface area contributed by atoms with Crippen LogP contribution in [0, 0.1) is 13.8 Å². The standard InChI is InChI=1S/C22H21Br2NO/c1-15-8-9-21(16(2)10-15)25-13-18-11-19(23)22(20(24)12-18)26-14-17-6-4-3-5-7-17/h3-12,25H,13-14H2,1-2H3. The number of anilines is 1. The molecule has 0 bridgehead atoms. The maximum absolute atomic E-state index is 5.99. The summed E-state index contributed by atoms with van der Waals surface area (Å²) in [5.41, 5.74) is 6.01. The number of benzene rings is 3. The summed E-state index contributed by atoms with van der Waals surface area (Å²) in [5, 5.41) is 3.51. The lowest BCUT2D eigenvalue weighted by molar-refractivity contribution is 0.302. The molecule has 2 nitrogen and oxygen atoms in total. The van der Waals surface area contributed by atoms with Gasteiger partial charge in [-0.25, -0.2) is 0 Å². The number of hydrogen-bond donors (Lipinski definition) is 1. The molecule has 26 heavy (non-hydrogen) atoms. The van der Waals surface area contributed by atoms with Crippen LogP contribution in [0.1, 0.15) is 22.3 Å². The summed E-state index contributed by atoms with van der Waals surface area (Å²) in [6.45, 7) is 5.53. The Bertz CT molecular complexity index is 871. The molecule has 0 saturated carbocycles. The molecule has 0 atom stereocenters. The van der Waals surface area contributed by atoms with Gasteiger partial charge < -0.3 is 10.1 Å². The Balaban J connectivity index is 1.68. The van der Waals surface area contributed by atoms with Gasteiger partial charge in [-0.15, -0.1) is 0 Å². The highest BCUT2D eigenvalue weighted by molar-refractivity contribution is 9.11. The second kappa shape index (κ2) is 8.74. The van der Waals surface area contributed by atoms with Crippen molar-refractivity contribution in [1.82, 2.24) is 0 Å². The summed E-state index contributed by atoms with van der Waals surface area (Å²) in [6, 6.07) is 20.8. The number of nitrogens with one attached hydrogen (secondary N) is 1. The first-order valence-electron chi connectivity index (χ1n) is 8.48. The predicted molar refractivity (Wildman–Crippen MR) is 116 cm³/mol. The topological polar surface area (TPSA) is 21.3 Å². The van der Waals surface area contributed by atoms with Crippen LogP contribution >= 0.6 is 31.9 Å². The largest absolute Gasteiger partial charge is 0.487 e. The summed E-state index contributed by atoms with van der Waals surface area (Å²) in [4.78, 5) is 0. The van der Waals surface area contributed by atoms with Crippen LogP contribution in [0.2, 0.25) is 0 Å². The average Bonchev–Trinajstić information content (AvgIpc) is 2.61. The molecule has 0 aliphatic heterocycles. The van der Waals surface area contributed by atoms with Crippen molar-refractivity contribution in [2.45, 2.75) is 27.0 Å². The van der Waals surface area contributed by atoms with Crippen LogP contribution in [-0.4, -0.2) is 0 Å². The normalized spacial score (nSPS) is 10.6. The minimum Gasteiger partial charge on any atom is -0.487 e. The lowest BCUT2D eigenvalue weighted by Gasteiger charge is -2.14. The number of ether oxygens (including phenoxy) is 1. The fourth-order valence-corrected chi connectivity index (χ4v) is 4.30. The van der Waals surface area contributed by atoms with E-state index < -0.39 is 0 Å². The van der Waals surface area contributed by atoms with E-state index in [1.54, 1.807) is 0 Å². The minimum absolute atomic E-state index is 0.540. The van der Waals surface area contributed by atoms with Crippen molar-refractivity contribution < 1.29 is 4.74 Å². The van der Waals surface area contributed by atoms with Gasteiger partial charge in [0.15, 0.2) is 0 Å². The molecule has 3 rings (SSSR count). The number of rotatable bonds is 6. The van der Waals surface area contributed by atoms with Gasteiger partial charge in [-0.05, 0) is 80.6 Å². The fraction of sp³-hybridized carbons (Fsp3) is 0.182. The second-order valence-corrected chi connectivity index (χ2v) is 8.04. The molecule has 0 saturated heterocycles. The quantitative estimate of drug-likeness (QED) is 0.414. The van der Waals surface area contributed by atoms with Crippen LogP contribution in [0.25, 0.3) is 0 Å². The molecule has 3 aromatic rings. The third-order valence-corrected chi connectivity index (χ3v) is 5.33. The van der Waals surface area contributed by atoms with Crippen LogP contribution in [0.4, 0.5) is 5.69 Å². The first kappa shape index (κ1) is 19.0. The predicted octanol–water partition coefficient (Wildman–Crippen LogP) is 7.02. The molecule has 0 fully saturated rings. The Morgan fingerprint density at radius 1 is 0.846 bits per heavy atom. The number of hydrogen-bond acceptors (Lipinski definition) is 2. The van der Waals surface area contributed by atoms with Gasteiger partial charge in [0.2, 0.25) is 0 Å². The molecule has 0 aliphatic carbocycles. The fourth-order valence-electron chi connectivity index (χ4n) is 2.79. The Morgan fingerprint density at radius 2 is 1.54 bits per heavy atom. The number of halogens is 2. The molecule has 0 unspecified atom stereocenters. The second-order valence-electron chi connectivity index (χ2n) is 6.33. The van der Waals surface area contributed by atoms with E-state index >= 15 is 0 Å². The van der Waals surface area contributed by atoms with Gasteiger partial charge >= 0.3 is 0 Å². The molecule has 4 heteroatoms. The van der Waals surface area contributed by atoms with Gasteiger partial charge in [0, 0.05) is 12.2 Å². The minimum atomic E-state index is 0.540. The molecule has 0 spiro atoms. The van der Waals surface area contributed by atoms with E-state index in [0.29, 0.717) is 6.61 Å². The third-order valence-electron chi connectivity index (χ3n) is 4.15. The number of aryl methyl sites for hydroxylation is 2. The smallest absolute Gasteiger partial charge is 0.148 e. The first-order chi connectivity index (χ1) is 12.5. The van der Waals surface area contributed by atoms with Crippen LogP contribution < -0.4 is 10.1 Å². The summed E-state index contributed by atoms with van der Waals surface area (Å²) < 4.78 is 7.88. The zero-order chi connectivity index (χ0) is 18.5. The lowest BCUT2D eigenvalue weighted by Crippen LogP contribution is -2.02. The molecule has 0 amide bonds. The van der Waals surface area contributed by atoms with E-state index in [1.807, 2.05) is 18.2 Å². The van der Waals surface area contributed by atoms with Crippen molar-refractivity contribution >= 4 is 37.5 Å². The molecule has 0 heterocycles. The third kappa shape index (κ3) is 4.89. The molecule has 0 aliphatic rings. The highest BCUT2D eigenvalue weighted by atomic mass is 79.9. The van der Waals surface area contributed by atoms with Crippen LogP contribution in [0.5, 0.6) is 5.75 Å². The van der Waals surface area contributed by atoms with E-state index in [0.717, 1.165) is 32.5 Å². The Morgan fingerprint density at radius 3 is 2.19 bits per heavy atom. The summed E-state index contributed by atoms with van der Waals surface area (Å²) in [5.74, 6) is 0.823. The van der Waals surface area contributed by atoms with Crippen LogP contribution in [0.3, 0.4) is 0 Å². The van der Waals surface area contributed by atoms with E-state index in [1.165, 1.54) is 16.7 Å². The van der Waals surface area contributed by atoms with E-state index in [-0.39, 0.29) is 0 Å². The molecular formula is C22H21Br2NO. The van der Waals surface area contributed by atoms with Gasteiger partial charge in [0.25, 0.3) is 0 Å². The van der Waals surface area contributed by atoms with Gasteiger partial charge in [0.1, 0.15) is 12.4 Å². The average molecular weight is 475 g/mol.